The molecule has 1 nitrogen and oxygen atoms in total. The van der Waals surface area contributed by atoms with E-state index in [0.29, 0.717) is 0 Å². The maximum absolute atomic E-state index is 5.89. The fourth-order valence-corrected chi connectivity index (χ4v) is 5.51. The van der Waals surface area contributed by atoms with Crippen LogP contribution < -0.4 is 0 Å². The zero-order valence-electron chi connectivity index (χ0n) is 14.6. The fraction of sp³-hybridized carbons (Fsp3) is 1.00. The molecule has 1 saturated heterocycles. The van der Waals surface area contributed by atoms with E-state index < -0.39 is 0 Å². The van der Waals surface area contributed by atoms with Crippen molar-refractivity contribution in [2.45, 2.75) is 115 Å². The molecule has 1 radical (unpaired) electrons. The molecule has 0 saturated carbocycles. The highest BCUT2D eigenvalue weighted by Gasteiger charge is 2.16. The summed E-state index contributed by atoms with van der Waals surface area (Å²) in [5.74, 6) is 0. The summed E-state index contributed by atoms with van der Waals surface area (Å²) in [6, 6.07) is 2.84. The maximum Gasteiger partial charge on any atom is 0.211 e. The van der Waals surface area contributed by atoms with Crippen molar-refractivity contribution in [1.29, 1.82) is 0 Å². The first-order valence-electron chi connectivity index (χ1n) is 9.91. The van der Waals surface area contributed by atoms with Gasteiger partial charge in [0.2, 0.25) is 9.04 Å². The van der Waals surface area contributed by atoms with Gasteiger partial charge in [-0.3, -0.25) is 0 Å². The van der Waals surface area contributed by atoms with Gasteiger partial charge in [0.1, 0.15) is 0 Å². The van der Waals surface area contributed by atoms with E-state index in [1.165, 1.54) is 108 Å². The molecule has 21 heavy (non-hydrogen) atoms. The van der Waals surface area contributed by atoms with Crippen LogP contribution in [0.15, 0.2) is 0 Å². The third kappa shape index (κ3) is 12.4. The van der Waals surface area contributed by atoms with Gasteiger partial charge in [0, 0.05) is 6.61 Å². The number of hydrogen-bond acceptors (Lipinski definition) is 1. The number of rotatable bonds is 14. The largest absolute Gasteiger partial charge is 0.417 e. The molecule has 0 amide bonds. The van der Waals surface area contributed by atoms with Crippen LogP contribution in [-0.2, 0) is 4.43 Å². The van der Waals surface area contributed by atoms with Crippen molar-refractivity contribution >= 4 is 9.04 Å². The van der Waals surface area contributed by atoms with Crippen LogP contribution in [0.25, 0.3) is 0 Å². The zero-order valence-corrected chi connectivity index (χ0v) is 15.6. The van der Waals surface area contributed by atoms with Gasteiger partial charge in [0.05, 0.1) is 0 Å². The van der Waals surface area contributed by atoms with Gasteiger partial charge in [-0.1, -0.05) is 96.8 Å². The number of unbranched alkanes of at least 4 members (excludes halogenated alkanes) is 12. The van der Waals surface area contributed by atoms with E-state index in [2.05, 4.69) is 6.92 Å². The highest BCUT2D eigenvalue weighted by atomic mass is 28.3. The Labute approximate surface area is 136 Å². The van der Waals surface area contributed by atoms with Gasteiger partial charge in [0.25, 0.3) is 0 Å². The molecule has 0 atom stereocenters. The van der Waals surface area contributed by atoms with E-state index >= 15 is 0 Å². The monoisotopic (exact) mass is 311 g/mol. The Morgan fingerprint density at radius 2 is 1.19 bits per heavy atom. The SMILES string of the molecule is CCCCCCCCCCCCCCC[Si]1CCCCO1. The minimum absolute atomic E-state index is 0.362. The molecular formula is C19H39OSi. The summed E-state index contributed by atoms with van der Waals surface area (Å²) in [6.07, 6.45) is 21.7. The topological polar surface area (TPSA) is 9.23 Å². The first-order valence-corrected chi connectivity index (χ1v) is 11.7. The smallest absolute Gasteiger partial charge is 0.211 e. The average Bonchev–Trinajstić information content (AvgIpc) is 2.53. The Kier molecular flexibility index (Phi) is 13.8. The molecule has 1 aliphatic heterocycles. The predicted octanol–water partition coefficient (Wildman–Crippen LogP) is 6.88. The molecule has 1 fully saturated rings. The quantitative estimate of drug-likeness (QED) is 0.251. The highest BCUT2D eigenvalue weighted by Crippen LogP contribution is 2.18. The van der Waals surface area contributed by atoms with Crippen molar-refractivity contribution in [3.63, 3.8) is 0 Å². The Balaban J connectivity index is 1.69. The minimum Gasteiger partial charge on any atom is -0.417 e. The second kappa shape index (κ2) is 15.1. The van der Waals surface area contributed by atoms with E-state index in [9.17, 15) is 0 Å². The van der Waals surface area contributed by atoms with E-state index in [1.54, 1.807) is 0 Å². The summed E-state index contributed by atoms with van der Waals surface area (Å²) in [7, 11) is -0.362. The standard InChI is InChI=1S/C19H39OSi/c1-2-3-4-5-6-7-8-9-10-11-12-13-15-18-21-19-16-14-17-20-21/h2-19H2,1H3. The van der Waals surface area contributed by atoms with Crippen LogP contribution in [0.2, 0.25) is 12.1 Å². The summed E-state index contributed by atoms with van der Waals surface area (Å²) < 4.78 is 5.89. The van der Waals surface area contributed by atoms with Crippen molar-refractivity contribution in [1.82, 2.24) is 0 Å². The fourth-order valence-electron chi connectivity index (χ4n) is 3.25. The Morgan fingerprint density at radius 1 is 0.667 bits per heavy atom. The van der Waals surface area contributed by atoms with Crippen LogP contribution in [0, 0.1) is 0 Å². The molecule has 0 unspecified atom stereocenters. The molecule has 0 aromatic heterocycles. The first-order chi connectivity index (χ1) is 10.4. The second-order valence-electron chi connectivity index (χ2n) is 6.84. The van der Waals surface area contributed by atoms with Crippen molar-refractivity contribution in [3.05, 3.63) is 0 Å². The van der Waals surface area contributed by atoms with E-state index in [4.69, 9.17) is 4.43 Å². The third-order valence-electron chi connectivity index (χ3n) is 4.72. The van der Waals surface area contributed by atoms with Gasteiger partial charge in [0.15, 0.2) is 0 Å². The summed E-state index contributed by atoms with van der Waals surface area (Å²) in [4.78, 5) is 0. The first kappa shape index (κ1) is 19.2. The number of hydrogen-bond donors (Lipinski definition) is 0. The molecule has 2 heteroatoms. The van der Waals surface area contributed by atoms with Crippen molar-refractivity contribution < 1.29 is 4.43 Å². The third-order valence-corrected chi connectivity index (χ3v) is 7.15. The van der Waals surface area contributed by atoms with Gasteiger partial charge in [-0.2, -0.15) is 0 Å². The van der Waals surface area contributed by atoms with Gasteiger partial charge in [-0.05, 0) is 18.5 Å². The van der Waals surface area contributed by atoms with Gasteiger partial charge < -0.3 is 4.43 Å². The Bertz CT molecular complexity index is 202. The molecule has 0 bridgehead atoms. The van der Waals surface area contributed by atoms with E-state index in [1.807, 2.05) is 0 Å². The van der Waals surface area contributed by atoms with Crippen molar-refractivity contribution in [2.24, 2.45) is 0 Å². The average molecular weight is 312 g/mol. The van der Waals surface area contributed by atoms with Crippen LogP contribution in [0.3, 0.4) is 0 Å². The molecule has 1 aliphatic rings. The van der Waals surface area contributed by atoms with Crippen LogP contribution in [0.1, 0.15) is 103 Å². The lowest BCUT2D eigenvalue weighted by molar-refractivity contribution is 0.285. The molecule has 0 aromatic rings. The van der Waals surface area contributed by atoms with Crippen molar-refractivity contribution in [2.75, 3.05) is 6.61 Å². The molecular weight excluding hydrogens is 272 g/mol. The molecule has 0 spiro atoms. The molecule has 0 aliphatic carbocycles. The second-order valence-corrected chi connectivity index (χ2v) is 9.20. The molecule has 0 aromatic carbocycles. The highest BCUT2D eigenvalue weighted by molar-refractivity contribution is 6.51. The molecule has 125 valence electrons. The summed E-state index contributed by atoms with van der Waals surface area (Å²) in [6.45, 7) is 3.36. The van der Waals surface area contributed by atoms with E-state index in [0.717, 1.165) is 6.61 Å². The molecule has 0 N–H and O–H groups in total. The molecule has 1 heterocycles. The lowest BCUT2D eigenvalue weighted by Gasteiger charge is -2.19. The van der Waals surface area contributed by atoms with Crippen LogP contribution >= 0.6 is 0 Å². The van der Waals surface area contributed by atoms with Gasteiger partial charge >= 0.3 is 0 Å². The summed E-state index contributed by atoms with van der Waals surface area (Å²) >= 11 is 0. The predicted molar refractivity (Wildman–Crippen MR) is 96.2 cm³/mol. The van der Waals surface area contributed by atoms with Crippen LogP contribution in [0.5, 0.6) is 0 Å². The summed E-state index contributed by atoms with van der Waals surface area (Å²) in [5.41, 5.74) is 0. The molecule has 1 rings (SSSR count). The maximum atomic E-state index is 5.89. The van der Waals surface area contributed by atoms with Crippen LogP contribution in [-0.4, -0.2) is 15.6 Å². The Hall–Kier alpha value is 0.177. The summed E-state index contributed by atoms with van der Waals surface area (Å²) in [5, 5.41) is 0. The lowest BCUT2D eigenvalue weighted by Crippen LogP contribution is -2.22. The Morgan fingerprint density at radius 3 is 1.67 bits per heavy atom. The van der Waals surface area contributed by atoms with Crippen molar-refractivity contribution in [3.8, 4) is 0 Å². The van der Waals surface area contributed by atoms with Crippen LogP contribution in [0.4, 0.5) is 0 Å². The minimum atomic E-state index is -0.362. The van der Waals surface area contributed by atoms with E-state index in [-0.39, 0.29) is 9.04 Å². The lowest BCUT2D eigenvalue weighted by atomic mass is 10.1. The van der Waals surface area contributed by atoms with Gasteiger partial charge in [-0.25, -0.2) is 0 Å². The van der Waals surface area contributed by atoms with Gasteiger partial charge in [-0.15, -0.1) is 0 Å². The zero-order chi connectivity index (χ0) is 15.0. The normalized spacial score (nSPS) is 16.4.